The molecular weight excluding hydrogens is 298 g/mol. The first-order valence-corrected chi connectivity index (χ1v) is 7.54. The topological polar surface area (TPSA) is 71.6 Å². The first kappa shape index (κ1) is 13.8. The number of fused-ring (bicyclic) bond motifs is 1. The summed E-state index contributed by atoms with van der Waals surface area (Å²) in [4.78, 5) is 3.90. The Bertz CT molecular complexity index is 755. The second kappa shape index (κ2) is 5.33. The molecule has 0 aliphatic carbocycles. The lowest BCUT2D eigenvalue weighted by molar-refractivity contribution is 0.325. The Hall–Kier alpha value is -2.14. The predicted molar refractivity (Wildman–Crippen MR) is 69.9 cm³/mol. The van der Waals surface area contributed by atoms with E-state index in [4.69, 9.17) is 5.26 Å². The normalized spacial score (nSPS) is 21.8. The minimum atomic E-state index is -1.70. The highest BCUT2D eigenvalue weighted by Gasteiger charge is 2.37. The monoisotopic (exact) mass is 308 g/mol. The van der Waals surface area contributed by atoms with Gasteiger partial charge in [0.25, 0.3) is 0 Å². The van der Waals surface area contributed by atoms with Crippen molar-refractivity contribution in [1.82, 2.24) is 14.8 Å². The molecule has 0 saturated carbocycles. The van der Waals surface area contributed by atoms with E-state index in [-0.39, 0.29) is 23.2 Å². The van der Waals surface area contributed by atoms with Crippen LogP contribution < -0.4 is 0 Å². The predicted octanol–water partition coefficient (Wildman–Crippen LogP) is 2.05. The van der Waals surface area contributed by atoms with Gasteiger partial charge in [-0.1, -0.05) is 18.2 Å². The van der Waals surface area contributed by atoms with Crippen LogP contribution in [0.3, 0.4) is 0 Å². The lowest BCUT2D eigenvalue weighted by Crippen LogP contribution is -2.10. The number of hydrogen-bond acceptors (Lipinski definition) is 4. The Morgan fingerprint density at radius 2 is 2.24 bits per heavy atom. The van der Waals surface area contributed by atoms with E-state index in [1.54, 1.807) is 24.3 Å². The van der Waals surface area contributed by atoms with Gasteiger partial charge >= 0.3 is 0 Å². The van der Waals surface area contributed by atoms with E-state index in [9.17, 15) is 13.0 Å². The third-order valence-electron chi connectivity index (χ3n) is 3.31. The maximum Gasteiger partial charge on any atom is 0.240 e. The van der Waals surface area contributed by atoms with Crippen LogP contribution in [0.25, 0.3) is 0 Å². The molecule has 1 aliphatic rings. The minimum absolute atomic E-state index is 0.0320. The summed E-state index contributed by atoms with van der Waals surface area (Å²) in [5, 5.41) is 12.5. The number of rotatable bonds is 3. The van der Waals surface area contributed by atoms with Gasteiger partial charge in [-0.25, -0.2) is 22.7 Å². The molecule has 1 aromatic heterocycles. The van der Waals surface area contributed by atoms with Gasteiger partial charge in [0.2, 0.25) is 5.16 Å². The second-order valence-corrected chi connectivity index (χ2v) is 5.93. The summed E-state index contributed by atoms with van der Waals surface area (Å²) in [5.41, 5.74) is 0.321. The largest absolute Gasteiger partial charge is 0.250 e. The van der Waals surface area contributed by atoms with Crippen LogP contribution in [0.15, 0.2) is 29.4 Å². The highest BCUT2D eigenvalue weighted by Crippen LogP contribution is 2.40. The van der Waals surface area contributed by atoms with E-state index in [0.717, 1.165) is 0 Å². The molecule has 8 heteroatoms. The number of alkyl halides is 1. The van der Waals surface area contributed by atoms with Crippen molar-refractivity contribution in [1.29, 1.82) is 5.26 Å². The number of aromatic nitrogens is 3. The van der Waals surface area contributed by atoms with Gasteiger partial charge in [0.05, 0.1) is 12.1 Å². The van der Waals surface area contributed by atoms with E-state index < -0.39 is 28.8 Å². The molecule has 1 aliphatic heterocycles. The summed E-state index contributed by atoms with van der Waals surface area (Å²) >= 11 is 0. The summed E-state index contributed by atoms with van der Waals surface area (Å²) in [6.07, 6.45) is -1.35. The van der Waals surface area contributed by atoms with Crippen LogP contribution in [0.4, 0.5) is 8.78 Å². The van der Waals surface area contributed by atoms with Gasteiger partial charge in [-0.05, 0) is 6.07 Å². The zero-order chi connectivity index (χ0) is 15.0. The maximum atomic E-state index is 14.0. The molecule has 0 bridgehead atoms. The SMILES string of the molecule is N#CC[S@@](=O)c1nc2n(n1)[C@H](c1ccccc1F)C[C@@H]2F. The molecule has 21 heavy (non-hydrogen) atoms. The van der Waals surface area contributed by atoms with Crippen LogP contribution in [-0.4, -0.2) is 24.7 Å². The number of nitriles is 1. The second-order valence-electron chi connectivity index (χ2n) is 4.59. The molecule has 3 atom stereocenters. The molecule has 0 unspecified atom stereocenters. The van der Waals surface area contributed by atoms with Crippen molar-refractivity contribution in [3.05, 3.63) is 41.5 Å². The third kappa shape index (κ3) is 2.34. The Morgan fingerprint density at radius 1 is 1.48 bits per heavy atom. The van der Waals surface area contributed by atoms with Gasteiger partial charge in [-0.15, -0.1) is 5.10 Å². The first-order valence-electron chi connectivity index (χ1n) is 6.22. The van der Waals surface area contributed by atoms with Gasteiger partial charge in [-0.3, -0.25) is 0 Å². The van der Waals surface area contributed by atoms with Crippen LogP contribution in [0.5, 0.6) is 0 Å². The van der Waals surface area contributed by atoms with Gasteiger partial charge in [0.1, 0.15) is 22.4 Å². The summed E-state index contributed by atoms with van der Waals surface area (Å²) in [6.45, 7) is 0. The summed E-state index contributed by atoms with van der Waals surface area (Å²) in [7, 11) is -1.70. The molecule has 0 spiro atoms. The average Bonchev–Trinajstić information content (AvgIpc) is 3.01. The van der Waals surface area contributed by atoms with Crippen molar-refractivity contribution >= 4 is 10.8 Å². The van der Waals surface area contributed by atoms with Crippen molar-refractivity contribution in [3.63, 3.8) is 0 Å². The minimum Gasteiger partial charge on any atom is -0.250 e. The molecule has 1 aromatic carbocycles. The van der Waals surface area contributed by atoms with Crippen molar-refractivity contribution in [2.45, 2.75) is 23.8 Å². The van der Waals surface area contributed by atoms with Crippen LogP contribution in [-0.2, 0) is 10.8 Å². The van der Waals surface area contributed by atoms with E-state index in [2.05, 4.69) is 10.1 Å². The quantitative estimate of drug-likeness (QED) is 0.870. The van der Waals surface area contributed by atoms with Crippen molar-refractivity contribution in [2.75, 3.05) is 5.75 Å². The van der Waals surface area contributed by atoms with Gasteiger partial charge in [0, 0.05) is 12.0 Å². The number of hydrogen-bond donors (Lipinski definition) is 0. The fourth-order valence-electron chi connectivity index (χ4n) is 2.38. The zero-order valence-electron chi connectivity index (χ0n) is 10.7. The Morgan fingerprint density at radius 3 is 2.95 bits per heavy atom. The van der Waals surface area contributed by atoms with E-state index in [1.165, 1.54) is 10.7 Å². The molecule has 2 heterocycles. The first-order chi connectivity index (χ1) is 10.1. The molecule has 0 radical (unpaired) electrons. The number of nitrogens with zero attached hydrogens (tertiary/aromatic N) is 4. The summed E-state index contributed by atoms with van der Waals surface area (Å²) in [6, 6.07) is 7.21. The van der Waals surface area contributed by atoms with Gasteiger partial charge in [-0.2, -0.15) is 5.26 Å². The number of benzene rings is 1. The smallest absolute Gasteiger partial charge is 0.240 e. The highest BCUT2D eigenvalue weighted by molar-refractivity contribution is 7.85. The van der Waals surface area contributed by atoms with Crippen LogP contribution in [0.1, 0.15) is 30.0 Å². The molecule has 2 aromatic rings. The van der Waals surface area contributed by atoms with Crippen molar-refractivity contribution < 1.29 is 13.0 Å². The van der Waals surface area contributed by atoms with Crippen LogP contribution in [0, 0.1) is 17.1 Å². The van der Waals surface area contributed by atoms with E-state index in [1.807, 2.05) is 0 Å². The van der Waals surface area contributed by atoms with Crippen molar-refractivity contribution in [2.24, 2.45) is 0 Å². The fourth-order valence-corrected chi connectivity index (χ4v) is 3.00. The van der Waals surface area contributed by atoms with E-state index in [0.29, 0.717) is 5.56 Å². The lowest BCUT2D eigenvalue weighted by atomic mass is 10.0. The molecule has 108 valence electrons. The molecule has 0 saturated heterocycles. The van der Waals surface area contributed by atoms with Gasteiger partial charge in [0.15, 0.2) is 12.0 Å². The maximum absolute atomic E-state index is 14.0. The van der Waals surface area contributed by atoms with Crippen LogP contribution >= 0.6 is 0 Å². The van der Waals surface area contributed by atoms with E-state index >= 15 is 0 Å². The van der Waals surface area contributed by atoms with Crippen LogP contribution in [0.2, 0.25) is 0 Å². The summed E-state index contributed by atoms with van der Waals surface area (Å²) in [5.74, 6) is -0.674. The molecular formula is C13H10F2N4OS. The molecule has 5 nitrogen and oxygen atoms in total. The Balaban J connectivity index is 2.02. The van der Waals surface area contributed by atoms with Crippen molar-refractivity contribution in [3.8, 4) is 6.07 Å². The average molecular weight is 308 g/mol. The summed E-state index contributed by atoms with van der Waals surface area (Å²) < 4.78 is 40.9. The van der Waals surface area contributed by atoms with Gasteiger partial charge < -0.3 is 0 Å². The Labute approximate surface area is 121 Å². The highest BCUT2D eigenvalue weighted by atomic mass is 32.2. The lowest BCUT2D eigenvalue weighted by Gasteiger charge is -2.12. The third-order valence-corrected chi connectivity index (χ3v) is 4.28. The Kier molecular flexibility index (Phi) is 3.51. The molecule has 0 amide bonds. The standard InChI is InChI=1S/C13H10F2N4OS/c14-9-4-2-1-3-8(9)11-7-10(15)12-17-13(18-19(11)12)21(20)6-5-16/h1-4,10-11H,6-7H2/t10-,11-,21+/m0/s1. The fraction of sp³-hybridized carbons (Fsp3) is 0.308. The molecule has 0 N–H and O–H groups in total. The molecule has 3 rings (SSSR count). The molecule has 0 fully saturated rings. The zero-order valence-corrected chi connectivity index (χ0v) is 11.6. The number of halogens is 2.